The molecule has 1 atom stereocenters. The summed E-state index contributed by atoms with van der Waals surface area (Å²) in [6.45, 7) is 10.5. The van der Waals surface area contributed by atoms with Gasteiger partial charge in [-0.1, -0.05) is 38.1 Å². The maximum Gasteiger partial charge on any atom is 0.163 e. The van der Waals surface area contributed by atoms with Gasteiger partial charge in [-0.05, 0) is 76.1 Å². The second kappa shape index (κ2) is 13.5. The summed E-state index contributed by atoms with van der Waals surface area (Å²) in [5.41, 5.74) is 2.71. The van der Waals surface area contributed by atoms with E-state index in [0.717, 1.165) is 23.4 Å². The molecule has 7 heteroatoms. The van der Waals surface area contributed by atoms with E-state index in [2.05, 4.69) is 6.07 Å². The van der Waals surface area contributed by atoms with Crippen molar-refractivity contribution in [2.45, 2.75) is 85.0 Å². The zero-order valence-corrected chi connectivity index (χ0v) is 23.8. The molecule has 1 aromatic heterocycles. The number of carbonyl (C=O) groups excluding carboxylic acids is 1. The normalized spacial score (nSPS) is 12.4. The molecular weight excluding hydrogens is 490 g/mol. The van der Waals surface area contributed by atoms with Gasteiger partial charge in [0.2, 0.25) is 0 Å². The number of hydrogen-bond donors (Lipinski definition) is 2. The molecule has 1 heterocycles. The molecule has 0 saturated heterocycles. The minimum Gasteiger partial charge on any atom is -0.490 e. The summed E-state index contributed by atoms with van der Waals surface area (Å²) in [7, 11) is 0. The average molecular weight is 532 g/mol. The topological polar surface area (TPSA) is 108 Å². The first-order valence-electron chi connectivity index (χ1n) is 13.9. The fourth-order valence-electron chi connectivity index (χ4n) is 4.87. The zero-order chi connectivity index (χ0) is 28.6. The van der Waals surface area contributed by atoms with Crippen molar-refractivity contribution in [3.05, 3.63) is 71.2 Å². The highest BCUT2D eigenvalue weighted by Gasteiger charge is 2.30. The van der Waals surface area contributed by atoms with Gasteiger partial charge in [-0.2, -0.15) is 5.26 Å². The van der Waals surface area contributed by atoms with E-state index in [4.69, 9.17) is 9.72 Å². The highest BCUT2D eigenvalue weighted by atomic mass is 16.5. The Hall–Kier alpha value is -3.47. The molecule has 39 heavy (non-hydrogen) atoms. The van der Waals surface area contributed by atoms with Crippen LogP contribution in [0.3, 0.4) is 0 Å². The molecule has 2 N–H and O–H groups in total. The fourth-order valence-corrected chi connectivity index (χ4v) is 4.87. The number of hydrogen-bond acceptors (Lipinski definition) is 6. The fraction of sp³-hybridized carbons (Fsp3) is 0.469. The largest absolute Gasteiger partial charge is 0.490 e. The summed E-state index contributed by atoms with van der Waals surface area (Å²) in [5.74, 6) is 1.06. The number of rotatable bonds is 14. The van der Waals surface area contributed by atoms with Crippen molar-refractivity contribution in [2.24, 2.45) is 5.92 Å². The lowest BCUT2D eigenvalue weighted by Crippen LogP contribution is -2.28. The predicted octanol–water partition coefficient (Wildman–Crippen LogP) is 6.05. The third kappa shape index (κ3) is 7.35. The Balaban J connectivity index is 1.75. The summed E-state index contributed by atoms with van der Waals surface area (Å²) >= 11 is 0. The number of aliphatic hydroxyl groups excluding tert-OH is 1. The molecule has 0 amide bonds. The van der Waals surface area contributed by atoms with Crippen molar-refractivity contribution in [3.63, 3.8) is 0 Å². The molecule has 3 aromatic rings. The van der Waals surface area contributed by atoms with Gasteiger partial charge in [0.25, 0.3) is 0 Å². The van der Waals surface area contributed by atoms with Crippen LogP contribution in [0.1, 0.15) is 87.6 Å². The summed E-state index contributed by atoms with van der Waals surface area (Å²) in [6.07, 6.45) is 4.53. The Morgan fingerprint density at radius 1 is 1.13 bits per heavy atom. The molecule has 2 aromatic carbocycles. The number of aryl methyl sites for hydroxylation is 1. The summed E-state index contributed by atoms with van der Waals surface area (Å²) < 4.78 is 7.68. The van der Waals surface area contributed by atoms with Crippen LogP contribution in [0.15, 0.2) is 48.7 Å². The Morgan fingerprint density at radius 2 is 1.82 bits per heavy atom. The van der Waals surface area contributed by atoms with Crippen LogP contribution in [0.25, 0.3) is 11.3 Å². The molecular formula is C32H41N3O4. The number of ketones is 1. The lowest BCUT2D eigenvalue weighted by Gasteiger charge is -2.25. The first-order valence-corrected chi connectivity index (χ1v) is 13.9. The van der Waals surface area contributed by atoms with Gasteiger partial charge in [0, 0.05) is 36.9 Å². The molecule has 0 aliphatic rings. The molecule has 0 aliphatic heterocycles. The Bertz CT molecular complexity index is 1280. The SMILES string of the molecule is CCn1cc(-c2ccc(C[C@@H](CCO)CC(=O)c3ccc(OC(C)C)c(C#N)c3)cc2)nc1C(O)(CC)CC. The first kappa shape index (κ1) is 30.1. The van der Waals surface area contributed by atoms with Crippen molar-refractivity contribution in [1.82, 2.24) is 9.55 Å². The molecule has 0 saturated carbocycles. The van der Waals surface area contributed by atoms with Gasteiger partial charge in [-0.25, -0.2) is 4.98 Å². The van der Waals surface area contributed by atoms with Crippen LogP contribution < -0.4 is 4.74 Å². The van der Waals surface area contributed by atoms with Gasteiger partial charge in [-0.15, -0.1) is 0 Å². The van der Waals surface area contributed by atoms with E-state index in [1.54, 1.807) is 18.2 Å². The van der Waals surface area contributed by atoms with Crippen LogP contribution in [0.4, 0.5) is 0 Å². The van der Waals surface area contributed by atoms with Crippen LogP contribution in [0.2, 0.25) is 0 Å². The van der Waals surface area contributed by atoms with E-state index in [1.807, 2.05) is 69.6 Å². The number of aromatic nitrogens is 2. The van der Waals surface area contributed by atoms with E-state index in [9.17, 15) is 20.3 Å². The standard InChI is InChI=1S/C32H41N3O4/c1-6-32(38,7-2)31-34-28(21-35(31)8-3)25-11-9-23(10-12-25)17-24(15-16-36)18-29(37)26-13-14-30(39-22(4)5)27(19-26)20-33/h9-14,19,21-22,24,36,38H,6-8,15-18H2,1-5H3/t24-/m1/s1. The average Bonchev–Trinajstić information content (AvgIpc) is 3.38. The Labute approximate surface area is 232 Å². The van der Waals surface area contributed by atoms with Crippen molar-refractivity contribution < 1.29 is 19.7 Å². The van der Waals surface area contributed by atoms with Crippen molar-refractivity contribution in [1.29, 1.82) is 5.26 Å². The smallest absolute Gasteiger partial charge is 0.163 e. The zero-order valence-electron chi connectivity index (χ0n) is 23.8. The van der Waals surface area contributed by atoms with Gasteiger partial charge >= 0.3 is 0 Å². The second-order valence-electron chi connectivity index (χ2n) is 10.4. The maximum absolute atomic E-state index is 13.1. The lowest BCUT2D eigenvalue weighted by molar-refractivity contribution is 0.0161. The number of imidazole rings is 1. The number of benzene rings is 2. The number of nitrogens with zero attached hydrogens (tertiary/aromatic N) is 3. The minimum absolute atomic E-state index is 0.00433. The van der Waals surface area contributed by atoms with E-state index < -0.39 is 5.60 Å². The summed E-state index contributed by atoms with van der Waals surface area (Å²) in [6, 6.07) is 15.2. The lowest BCUT2D eigenvalue weighted by atomic mass is 9.89. The highest BCUT2D eigenvalue weighted by Crippen LogP contribution is 2.31. The number of ether oxygens (including phenoxy) is 1. The Kier molecular flexibility index (Phi) is 10.4. The van der Waals surface area contributed by atoms with Gasteiger partial charge in [0.15, 0.2) is 5.78 Å². The number of aliphatic hydroxyl groups is 2. The maximum atomic E-state index is 13.1. The molecule has 0 aliphatic carbocycles. The minimum atomic E-state index is -0.950. The third-order valence-corrected chi connectivity index (χ3v) is 7.27. The molecule has 0 bridgehead atoms. The van der Waals surface area contributed by atoms with Gasteiger partial charge < -0.3 is 19.5 Å². The summed E-state index contributed by atoms with van der Waals surface area (Å²) in [5, 5.41) is 30.2. The van der Waals surface area contributed by atoms with Crippen LogP contribution >= 0.6 is 0 Å². The molecule has 0 fully saturated rings. The van der Waals surface area contributed by atoms with Crippen molar-refractivity contribution in [2.75, 3.05) is 6.61 Å². The number of Topliss-reactive ketones (excluding diaryl/α,β-unsaturated/α-hetero) is 1. The van der Waals surface area contributed by atoms with Crippen LogP contribution in [-0.4, -0.2) is 38.3 Å². The highest BCUT2D eigenvalue weighted by molar-refractivity contribution is 5.96. The van der Waals surface area contributed by atoms with Gasteiger partial charge in [0.1, 0.15) is 23.2 Å². The molecule has 0 radical (unpaired) electrons. The van der Waals surface area contributed by atoms with Crippen LogP contribution in [-0.2, 0) is 18.6 Å². The Morgan fingerprint density at radius 3 is 2.38 bits per heavy atom. The number of carbonyl (C=O) groups is 1. The second-order valence-corrected chi connectivity index (χ2v) is 10.4. The molecule has 0 unspecified atom stereocenters. The summed E-state index contributed by atoms with van der Waals surface area (Å²) in [4.78, 5) is 17.9. The van der Waals surface area contributed by atoms with Gasteiger partial charge in [0.05, 0.1) is 17.4 Å². The van der Waals surface area contributed by atoms with Crippen LogP contribution in [0.5, 0.6) is 5.75 Å². The molecule has 0 spiro atoms. The third-order valence-electron chi connectivity index (χ3n) is 7.27. The molecule has 208 valence electrons. The number of nitriles is 1. The quantitative estimate of drug-likeness (QED) is 0.245. The monoisotopic (exact) mass is 531 g/mol. The first-order chi connectivity index (χ1) is 18.7. The van der Waals surface area contributed by atoms with Gasteiger partial charge in [-0.3, -0.25) is 4.79 Å². The van der Waals surface area contributed by atoms with Crippen molar-refractivity contribution in [3.8, 4) is 23.1 Å². The molecule has 7 nitrogen and oxygen atoms in total. The van der Waals surface area contributed by atoms with E-state index in [1.165, 1.54) is 0 Å². The van der Waals surface area contributed by atoms with Crippen LogP contribution in [0, 0.1) is 17.2 Å². The van der Waals surface area contributed by atoms with E-state index >= 15 is 0 Å². The predicted molar refractivity (Wildman–Crippen MR) is 153 cm³/mol. The van der Waals surface area contributed by atoms with E-state index in [0.29, 0.717) is 48.4 Å². The molecule has 3 rings (SSSR count). The van der Waals surface area contributed by atoms with E-state index in [-0.39, 0.29) is 30.8 Å². The van der Waals surface area contributed by atoms with Crippen molar-refractivity contribution >= 4 is 5.78 Å².